The molecule has 1 heterocycles. The Labute approximate surface area is 126 Å². The van der Waals surface area contributed by atoms with Crippen LogP contribution in [0.4, 0.5) is 0 Å². The molecule has 20 heavy (non-hydrogen) atoms. The van der Waals surface area contributed by atoms with E-state index >= 15 is 0 Å². The normalized spacial score (nSPS) is 16.1. The Bertz CT molecular complexity index is 489. The van der Waals surface area contributed by atoms with Crippen LogP contribution in [0.5, 0.6) is 11.5 Å². The van der Waals surface area contributed by atoms with E-state index in [2.05, 4.69) is 63.6 Å². The van der Waals surface area contributed by atoms with Crippen molar-refractivity contribution in [2.45, 2.75) is 29.8 Å². The molecule has 0 fully saturated rings. The van der Waals surface area contributed by atoms with E-state index in [4.69, 9.17) is 9.47 Å². The summed E-state index contributed by atoms with van der Waals surface area (Å²) in [6.07, 6.45) is 0.982. The fourth-order valence-corrected chi connectivity index (χ4v) is 2.31. The lowest BCUT2D eigenvalue weighted by Crippen LogP contribution is -2.60. The molecular formula is C12H22B5NO2. The number of fused-ring (bicyclic) bond motifs is 1. The Morgan fingerprint density at radius 3 is 2.45 bits per heavy atom. The van der Waals surface area contributed by atoms with Gasteiger partial charge in [-0.15, -0.1) is 5.11 Å². The molecule has 0 amide bonds. The molecule has 102 valence electrons. The average Bonchev–Trinajstić information content (AvgIpc) is 2.73. The highest BCUT2D eigenvalue weighted by Gasteiger charge is 2.32. The van der Waals surface area contributed by atoms with Gasteiger partial charge in [0, 0.05) is 6.04 Å². The summed E-state index contributed by atoms with van der Waals surface area (Å²) in [5.74, 6) is 1.72. The maximum Gasteiger partial charge on any atom is 0.231 e. The molecule has 0 unspecified atom stereocenters. The van der Waals surface area contributed by atoms with Gasteiger partial charge < -0.3 is 14.8 Å². The number of nitrogens with one attached hydrogen (secondary N) is 1. The highest BCUT2D eigenvalue weighted by atomic mass is 16.7. The van der Waals surface area contributed by atoms with Crippen LogP contribution in [0.1, 0.15) is 12.5 Å². The highest BCUT2D eigenvalue weighted by Crippen LogP contribution is 2.33. The third-order valence-corrected chi connectivity index (χ3v) is 4.46. The molecule has 1 N–H and O–H groups in total. The molecule has 0 spiro atoms. The summed E-state index contributed by atoms with van der Waals surface area (Å²) < 4.78 is 10.8. The Morgan fingerprint density at radius 1 is 1.15 bits per heavy atom. The Kier molecular flexibility index (Phi) is 4.24. The van der Waals surface area contributed by atoms with Crippen molar-refractivity contribution in [2.75, 3.05) is 6.79 Å². The van der Waals surface area contributed by atoms with Gasteiger partial charge in [0.25, 0.3) is 0 Å². The first-order valence-electron chi connectivity index (χ1n) is 7.35. The van der Waals surface area contributed by atoms with Crippen molar-refractivity contribution in [2.24, 2.45) is 0 Å². The number of ether oxygens (including phenoxy) is 2. The molecule has 8 heteroatoms. The van der Waals surface area contributed by atoms with Gasteiger partial charge in [-0.1, -0.05) is 11.4 Å². The van der Waals surface area contributed by atoms with Crippen molar-refractivity contribution < 1.29 is 9.47 Å². The topological polar surface area (TPSA) is 30.5 Å². The van der Waals surface area contributed by atoms with Crippen LogP contribution in [0, 0.1) is 0 Å². The molecule has 1 aromatic rings. The molecule has 2 rings (SSSR count). The Hall–Kier alpha value is -0.895. The maximum atomic E-state index is 5.43. The van der Waals surface area contributed by atoms with E-state index in [0.29, 0.717) is 12.8 Å². The first-order valence-corrected chi connectivity index (χ1v) is 7.35. The number of benzene rings is 1. The first kappa shape index (κ1) is 15.5. The van der Waals surface area contributed by atoms with E-state index in [1.54, 1.807) is 0 Å². The van der Waals surface area contributed by atoms with Gasteiger partial charge in [0.1, 0.15) is 15.7 Å². The molecule has 1 aliphatic heterocycles. The first-order chi connectivity index (χ1) is 9.19. The van der Waals surface area contributed by atoms with Gasteiger partial charge in [-0.05, 0) is 31.0 Å². The van der Waals surface area contributed by atoms with Crippen LogP contribution in [0.15, 0.2) is 18.2 Å². The smallest absolute Gasteiger partial charge is 0.231 e. The van der Waals surface area contributed by atoms with Crippen molar-refractivity contribution >= 4 is 39.2 Å². The summed E-state index contributed by atoms with van der Waals surface area (Å²) in [7, 11) is 11.3. The third kappa shape index (κ3) is 3.40. The second-order valence-electron chi connectivity index (χ2n) is 7.31. The van der Waals surface area contributed by atoms with Crippen LogP contribution in [0.2, 0.25) is 5.11 Å². The summed E-state index contributed by atoms with van der Waals surface area (Å²) in [6.45, 7) is 2.57. The Morgan fingerprint density at radius 2 is 1.80 bits per heavy atom. The standard InChI is InChI=1S/C12H22B5NO2/c1-7(18-12(16,17)11(13,14)15)4-8-2-3-9-10(5-8)20-6-19-9/h2-3,5,7,18H,4,6,13-17H2,1H3/t7-/m1/s1. The predicted octanol–water partition coefficient (Wildman–Crippen LogP) is -3.17. The quantitative estimate of drug-likeness (QED) is 0.571. The molecule has 0 saturated heterocycles. The fourth-order valence-electron chi connectivity index (χ4n) is 2.31. The molecule has 0 aliphatic carbocycles. The van der Waals surface area contributed by atoms with Crippen LogP contribution in [0.3, 0.4) is 0 Å². The van der Waals surface area contributed by atoms with Gasteiger partial charge in [-0.2, -0.15) is 0 Å². The van der Waals surface area contributed by atoms with Crippen molar-refractivity contribution in [3.05, 3.63) is 23.8 Å². The molecular weight excluding hydrogens is 244 g/mol. The number of hydrogen-bond acceptors (Lipinski definition) is 3. The molecule has 1 aromatic carbocycles. The lowest BCUT2D eigenvalue weighted by Gasteiger charge is -2.43. The van der Waals surface area contributed by atoms with Gasteiger partial charge in [0.05, 0.1) is 23.5 Å². The average molecular weight is 266 g/mol. The third-order valence-electron chi connectivity index (χ3n) is 4.46. The molecule has 0 radical (unpaired) electrons. The maximum absolute atomic E-state index is 5.43. The monoisotopic (exact) mass is 267 g/mol. The summed E-state index contributed by atoms with van der Waals surface area (Å²) in [6, 6.07) is 6.62. The molecule has 3 nitrogen and oxygen atoms in total. The second-order valence-corrected chi connectivity index (χ2v) is 7.31. The zero-order chi connectivity index (χ0) is 15.0. The number of hydrogen-bond donors (Lipinski definition) is 1. The van der Waals surface area contributed by atoms with Crippen LogP contribution < -0.4 is 14.8 Å². The fraction of sp³-hybridized carbons (Fsp3) is 0.500. The van der Waals surface area contributed by atoms with Crippen molar-refractivity contribution in [3.8, 4) is 11.5 Å². The lowest BCUT2D eigenvalue weighted by atomic mass is 9.26. The predicted molar refractivity (Wildman–Crippen MR) is 97.0 cm³/mol. The van der Waals surface area contributed by atoms with Gasteiger partial charge in [0.2, 0.25) is 6.79 Å². The van der Waals surface area contributed by atoms with Gasteiger partial charge in [0.15, 0.2) is 11.5 Å². The molecule has 0 saturated carbocycles. The van der Waals surface area contributed by atoms with Crippen molar-refractivity contribution in [3.63, 3.8) is 0 Å². The largest absolute Gasteiger partial charge is 0.454 e. The van der Waals surface area contributed by atoms with E-state index in [9.17, 15) is 0 Å². The molecule has 0 bridgehead atoms. The minimum Gasteiger partial charge on any atom is -0.454 e. The second kappa shape index (κ2) is 5.47. The summed E-state index contributed by atoms with van der Waals surface area (Å²) in [4.78, 5) is 0. The summed E-state index contributed by atoms with van der Waals surface area (Å²) in [5.41, 5.74) is 1.28. The van der Waals surface area contributed by atoms with Crippen molar-refractivity contribution in [1.82, 2.24) is 5.32 Å². The van der Waals surface area contributed by atoms with Crippen LogP contribution in [-0.4, -0.2) is 57.4 Å². The highest BCUT2D eigenvalue weighted by molar-refractivity contribution is 6.67. The van der Waals surface area contributed by atoms with Crippen molar-refractivity contribution in [1.29, 1.82) is 0 Å². The van der Waals surface area contributed by atoms with Crippen LogP contribution in [0.25, 0.3) is 0 Å². The van der Waals surface area contributed by atoms with E-state index in [-0.39, 0.29) is 10.5 Å². The van der Waals surface area contributed by atoms with E-state index < -0.39 is 0 Å². The minimum atomic E-state index is 0.0861. The van der Waals surface area contributed by atoms with Gasteiger partial charge in [-0.3, -0.25) is 0 Å². The lowest BCUT2D eigenvalue weighted by molar-refractivity contribution is 0.174. The SMILES string of the molecule is BC(B)(B)C(B)(B)N[C@H](C)Cc1ccc2c(c1)OCO2. The molecule has 1 atom stereocenters. The molecule has 0 aromatic heterocycles. The summed E-state index contributed by atoms with van der Waals surface area (Å²) in [5, 5.41) is 4.04. The Balaban J connectivity index is 2.00. The van der Waals surface area contributed by atoms with E-state index in [1.807, 2.05) is 6.07 Å². The van der Waals surface area contributed by atoms with Gasteiger partial charge in [-0.25, -0.2) is 0 Å². The zero-order valence-corrected chi connectivity index (χ0v) is 13.5. The summed E-state index contributed by atoms with van der Waals surface area (Å²) >= 11 is 0. The minimum absolute atomic E-state index is 0.0861. The molecule has 1 aliphatic rings. The zero-order valence-electron chi connectivity index (χ0n) is 13.5. The van der Waals surface area contributed by atoms with Gasteiger partial charge >= 0.3 is 0 Å². The number of rotatable bonds is 5. The van der Waals surface area contributed by atoms with Crippen LogP contribution in [-0.2, 0) is 6.42 Å². The van der Waals surface area contributed by atoms with Crippen LogP contribution >= 0.6 is 0 Å². The van der Waals surface area contributed by atoms with E-state index in [0.717, 1.165) is 17.9 Å². The van der Waals surface area contributed by atoms with E-state index in [1.165, 1.54) is 5.56 Å².